The minimum Gasteiger partial charge on any atom is -0.305 e. The molecule has 0 bridgehead atoms. The van der Waals surface area contributed by atoms with Crippen molar-refractivity contribution in [2.45, 2.75) is 18.8 Å². The number of carbonyl (C=O) groups is 1. The van der Waals surface area contributed by atoms with Crippen molar-refractivity contribution in [1.82, 2.24) is 4.90 Å². The molecule has 15 heavy (non-hydrogen) atoms. The SMILES string of the molecule is CN1CCC(=O)C(C)(c2ccccc2)C1. The van der Waals surface area contributed by atoms with Gasteiger partial charge in [0.15, 0.2) is 0 Å². The number of rotatable bonds is 1. The molecule has 1 heterocycles. The fourth-order valence-electron chi connectivity index (χ4n) is 2.33. The molecule has 1 aliphatic rings. The fraction of sp³-hybridized carbons (Fsp3) is 0.462. The highest BCUT2D eigenvalue weighted by Gasteiger charge is 2.38. The zero-order chi connectivity index (χ0) is 10.9. The predicted octanol–water partition coefficient (Wildman–Crippen LogP) is 1.85. The van der Waals surface area contributed by atoms with E-state index in [2.05, 4.69) is 31.0 Å². The van der Waals surface area contributed by atoms with Gasteiger partial charge in [-0.15, -0.1) is 0 Å². The van der Waals surface area contributed by atoms with Crippen LogP contribution in [0.2, 0.25) is 0 Å². The molecule has 1 saturated heterocycles. The van der Waals surface area contributed by atoms with Crippen LogP contribution in [0.25, 0.3) is 0 Å². The second-order valence-corrected chi connectivity index (χ2v) is 4.61. The zero-order valence-electron chi connectivity index (χ0n) is 9.36. The molecular formula is C13H17NO. The first-order valence-corrected chi connectivity index (χ1v) is 5.40. The van der Waals surface area contributed by atoms with E-state index in [1.54, 1.807) is 0 Å². The van der Waals surface area contributed by atoms with Crippen molar-refractivity contribution >= 4 is 5.78 Å². The van der Waals surface area contributed by atoms with E-state index in [0.29, 0.717) is 12.2 Å². The van der Waals surface area contributed by atoms with E-state index in [1.165, 1.54) is 0 Å². The number of carbonyl (C=O) groups excluding carboxylic acids is 1. The van der Waals surface area contributed by atoms with Crippen LogP contribution in [-0.4, -0.2) is 30.8 Å². The summed E-state index contributed by atoms with van der Waals surface area (Å²) in [6, 6.07) is 10.1. The first-order chi connectivity index (χ1) is 7.13. The lowest BCUT2D eigenvalue weighted by Gasteiger charge is -2.37. The molecule has 0 N–H and O–H groups in total. The largest absolute Gasteiger partial charge is 0.305 e. The number of Topliss-reactive ketones (excluding diaryl/α,β-unsaturated/α-hetero) is 1. The average molecular weight is 203 g/mol. The molecule has 0 aromatic heterocycles. The Kier molecular flexibility index (Phi) is 2.61. The number of benzene rings is 1. The normalized spacial score (nSPS) is 28.0. The molecule has 2 heteroatoms. The van der Waals surface area contributed by atoms with Crippen molar-refractivity contribution in [1.29, 1.82) is 0 Å². The van der Waals surface area contributed by atoms with Crippen molar-refractivity contribution in [3.63, 3.8) is 0 Å². The van der Waals surface area contributed by atoms with Crippen LogP contribution in [0.4, 0.5) is 0 Å². The van der Waals surface area contributed by atoms with Crippen LogP contribution in [-0.2, 0) is 10.2 Å². The van der Waals surface area contributed by atoms with E-state index in [-0.39, 0.29) is 5.41 Å². The molecular weight excluding hydrogens is 186 g/mol. The van der Waals surface area contributed by atoms with E-state index in [0.717, 1.165) is 18.7 Å². The van der Waals surface area contributed by atoms with Gasteiger partial charge in [-0.1, -0.05) is 30.3 Å². The zero-order valence-corrected chi connectivity index (χ0v) is 9.36. The van der Waals surface area contributed by atoms with Gasteiger partial charge in [0.1, 0.15) is 5.78 Å². The molecule has 2 rings (SSSR count). The van der Waals surface area contributed by atoms with E-state index >= 15 is 0 Å². The summed E-state index contributed by atoms with van der Waals surface area (Å²) < 4.78 is 0. The summed E-state index contributed by atoms with van der Waals surface area (Å²) in [4.78, 5) is 14.3. The average Bonchev–Trinajstić information content (AvgIpc) is 2.25. The summed E-state index contributed by atoms with van der Waals surface area (Å²) in [6.07, 6.45) is 0.669. The highest BCUT2D eigenvalue weighted by Crippen LogP contribution is 2.29. The number of ketones is 1. The lowest BCUT2D eigenvalue weighted by Crippen LogP contribution is -2.49. The van der Waals surface area contributed by atoms with E-state index in [1.807, 2.05) is 18.2 Å². The Morgan fingerprint density at radius 3 is 2.60 bits per heavy atom. The molecule has 1 atom stereocenters. The van der Waals surface area contributed by atoms with Crippen LogP contribution in [0.1, 0.15) is 18.9 Å². The quantitative estimate of drug-likeness (QED) is 0.694. The number of hydrogen-bond acceptors (Lipinski definition) is 2. The van der Waals surface area contributed by atoms with Crippen LogP contribution in [0, 0.1) is 0 Å². The predicted molar refractivity (Wildman–Crippen MR) is 60.9 cm³/mol. The van der Waals surface area contributed by atoms with Gasteiger partial charge < -0.3 is 4.90 Å². The van der Waals surface area contributed by atoms with Gasteiger partial charge in [-0.2, -0.15) is 0 Å². The third-order valence-electron chi connectivity index (χ3n) is 3.33. The molecule has 80 valence electrons. The topological polar surface area (TPSA) is 20.3 Å². The Morgan fingerprint density at radius 1 is 1.27 bits per heavy atom. The standard InChI is InChI=1S/C13H17NO/c1-13(11-6-4-3-5-7-11)10-14(2)9-8-12(13)15/h3-7H,8-10H2,1-2H3. The van der Waals surface area contributed by atoms with Crippen molar-refractivity contribution in [3.05, 3.63) is 35.9 Å². The minimum atomic E-state index is -0.311. The Morgan fingerprint density at radius 2 is 1.93 bits per heavy atom. The van der Waals surface area contributed by atoms with E-state index in [9.17, 15) is 4.79 Å². The van der Waals surface area contributed by atoms with E-state index in [4.69, 9.17) is 0 Å². The Balaban J connectivity index is 2.35. The summed E-state index contributed by atoms with van der Waals surface area (Å²) >= 11 is 0. The van der Waals surface area contributed by atoms with Crippen molar-refractivity contribution < 1.29 is 4.79 Å². The lowest BCUT2D eigenvalue weighted by atomic mass is 9.75. The van der Waals surface area contributed by atoms with Gasteiger partial charge in [-0.25, -0.2) is 0 Å². The number of piperidine rings is 1. The highest BCUT2D eigenvalue weighted by molar-refractivity contribution is 5.90. The van der Waals surface area contributed by atoms with Crippen LogP contribution < -0.4 is 0 Å². The molecule has 1 aromatic carbocycles. The molecule has 1 aromatic rings. The summed E-state index contributed by atoms with van der Waals surface area (Å²) in [5, 5.41) is 0. The molecule has 0 spiro atoms. The number of nitrogens with zero attached hydrogens (tertiary/aromatic N) is 1. The van der Waals surface area contributed by atoms with Gasteiger partial charge in [0, 0.05) is 19.5 Å². The van der Waals surface area contributed by atoms with Crippen molar-refractivity contribution in [2.75, 3.05) is 20.1 Å². The first-order valence-electron chi connectivity index (χ1n) is 5.40. The third kappa shape index (κ3) is 1.82. The van der Waals surface area contributed by atoms with Gasteiger partial charge in [0.05, 0.1) is 5.41 Å². The Labute approximate surface area is 90.9 Å². The van der Waals surface area contributed by atoms with Crippen LogP contribution in [0.15, 0.2) is 30.3 Å². The third-order valence-corrected chi connectivity index (χ3v) is 3.33. The number of likely N-dealkylation sites (N-methyl/N-ethyl adjacent to an activating group) is 1. The van der Waals surface area contributed by atoms with Gasteiger partial charge in [0.2, 0.25) is 0 Å². The number of hydrogen-bond donors (Lipinski definition) is 0. The highest BCUT2D eigenvalue weighted by atomic mass is 16.1. The smallest absolute Gasteiger partial charge is 0.145 e. The maximum absolute atomic E-state index is 12.0. The van der Waals surface area contributed by atoms with Gasteiger partial charge >= 0.3 is 0 Å². The summed E-state index contributed by atoms with van der Waals surface area (Å²) in [7, 11) is 2.08. The summed E-state index contributed by atoms with van der Waals surface area (Å²) in [6.45, 7) is 3.78. The molecule has 0 amide bonds. The Hall–Kier alpha value is -1.15. The van der Waals surface area contributed by atoms with Crippen molar-refractivity contribution in [3.8, 4) is 0 Å². The van der Waals surface area contributed by atoms with Crippen LogP contribution >= 0.6 is 0 Å². The van der Waals surface area contributed by atoms with Crippen LogP contribution in [0.3, 0.4) is 0 Å². The molecule has 2 nitrogen and oxygen atoms in total. The van der Waals surface area contributed by atoms with Gasteiger partial charge in [-0.05, 0) is 19.5 Å². The maximum atomic E-state index is 12.0. The second-order valence-electron chi connectivity index (χ2n) is 4.61. The van der Waals surface area contributed by atoms with Gasteiger partial charge in [-0.3, -0.25) is 4.79 Å². The first kappa shape index (κ1) is 10.4. The molecule has 1 unspecified atom stereocenters. The summed E-state index contributed by atoms with van der Waals surface area (Å²) in [5.41, 5.74) is 0.829. The summed E-state index contributed by atoms with van der Waals surface area (Å²) in [5.74, 6) is 0.367. The molecule has 0 radical (unpaired) electrons. The number of likely N-dealkylation sites (tertiary alicyclic amines) is 1. The molecule has 1 aliphatic heterocycles. The molecule has 0 saturated carbocycles. The molecule has 0 aliphatic carbocycles. The monoisotopic (exact) mass is 203 g/mol. The Bertz CT molecular complexity index is 360. The van der Waals surface area contributed by atoms with Gasteiger partial charge in [0.25, 0.3) is 0 Å². The lowest BCUT2D eigenvalue weighted by molar-refractivity contribution is -0.127. The van der Waals surface area contributed by atoms with Crippen molar-refractivity contribution in [2.24, 2.45) is 0 Å². The molecule has 1 fully saturated rings. The second kappa shape index (κ2) is 3.78. The fourth-order valence-corrected chi connectivity index (χ4v) is 2.33. The van der Waals surface area contributed by atoms with Crippen LogP contribution in [0.5, 0.6) is 0 Å². The van der Waals surface area contributed by atoms with E-state index < -0.39 is 0 Å². The maximum Gasteiger partial charge on any atom is 0.145 e. The minimum absolute atomic E-state index is 0.311.